The van der Waals surface area contributed by atoms with Crippen LogP contribution in [0, 0.1) is 30.1 Å². The number of primary amides is 1. The van der Waals surface area contributed by atoms with Gasteiger partial charge in [-0.25, -0.2) is 15.8 Å². The number of rotatable bonds is 7. The lowest BCUT2D eigenvalue weighted by molar-refractivity contribution is -0.119. The zero-order chi connectivity index (χ0) is 22.3. The lowest BCUT2D eigenvalue weighted by atomic mass is 9.49. The van der Waals surface area contributed by atoms with Gasteiger partial charge < -0.3 is 11.1 Å². The van der Waals surface area contributed by atoms with Crippen LogP contribution in [0.1, 0.15) is 61.5 Å². The quantitative estimate of drug-likeness (QED) is 0.267. The Morgan fingerprint density at radius 2 is 1.84 bits per heavy atom. The number of hydrogen-bond donors (Lipinski definition) is 3. The largest absolute Gasteiger partial charge is 0.364 e. The first-order valence-corrected chi connectivity index (χ1v) is 11.0. The van der Waals surface area contributed by atoms with Gasteiger partial charge in [0.2, 0.25) is 5.95 Å². The fraction of sp³-hybridized carbons (Fsp3) is 0.565. The Hall–Kier alpha value is -2.74. The second-order valence-corrected chi connectivity index (χ2v) is 9.90. The molecule has 0 saturated heterocycles. The molecule has 0 radical (unpaired) electrons. The van der Waals surface area contributed by atoms with Gasteiger partial charge in [0.05, 0.1) is 5.57 Å². The fourth-order valence-electron chi connectivity index (χ4n) is 6.24. The SMILES string of the molecule is C=C(C)/C(=C\N(N)c1ncc(C)c(C(N)=O)n1)C(=O)NCC12CC3CC(CC(C3)C1)C2. The Morgan fingerprint density at radius 3 is 2.35 bits per heavy atom. The maximum absolute atomic E-state index is 13.0. The van der Waals surface area contributed by atoms with Crippen molar-refractivity contribution >= 4 is 17.8 Å². The molecule has 4 saturated carbocycles. The molecule has 4 bridgehead atoms. The number of anilines is 1. The predicted molar refractivity (Wildman–Crippen MR) is 118 cm³/mol. The first-order valence-electron chi connectivity index (χ1n) is 11.0. The number of aromatic nitrogens is 2. The van der Waals surface area contributed by atoms with Crippen LogP contribution in [0.2, 0.25) is 0 Å². The van der Waals surface area contributed by atoms with Crippen molar-refractivity contribution in [1.29, 1.82) is 0 Å². The highest BCUT2D eigenvalue weighted by Gasteiger charge is 2.50. The fourth-order valence-corrected chi connectivity index (χ4v) is 6.24. The van der Waals surface area contributed by atoms with Crippen molar-refractivity contribution in [2.45, 2.75) is 52.4 Å². The molecule has 5 rings (SSSR count). The van der Waals surface area contributed by atoms with Crippen molar-refractivity contribution in [3.05, 3.63) is 41.4 Å². The van der Waals surface area contributed by atoms with E-state index < -0.39 is 5.91 Å². The summed E-state index contributed by atoms with van der Waals surface area (Å²) in [6.07, 6.45) is 10.7. The number of hydrogen-bond acceptors (Lipinski definition) is 6. The second kappa shape index (κ2) is 8.07. The van der Waals surface area contributed by atoms with E-state index in [2.05, 4.69) is 21.9 Å². The van der Waals surface area contributed by atoms with Gasteiger partial charge in [-0.3, -0.25) is 14.6 Å². The molecule has 0 aromatic carbocycles. The van der Waals surface area contributed by atoms with E-state index in [4.69, 9.17) is 11.6 Å². The van der Waals surface area contributed by atoms with E-state index in [0.717, 1.165) is 22.8 Å². The van der Waals surface area contributed by atoms with Gasteiger partial charge >= 0.3 is 0 Å². The molecule has 4 aliphatic rings. The molecule has 5 N–H and O–H groups in total. The van der Waals surface area contributed by atoms with Gasteiger partial charge in [-0.15, -0.1) is 0 Å². The zero-order valence-corrected chi connectivity index (χ0v) is 18.4. The Morgan fingerprint density at radius 1 is 1.26 bits per heavy atom. The molecule has 0 aliphatic heterocycles. The minimum atomic E-state index is -0.660. The summed E-state index contributed by atoms with van der Waals surface area (Å²) in [5.41, 5.74) is 7.20. The Kier molecular flexibility index (Phi) is 5.60. The van der Waals surface area contributed by atoms with Crippen LogP contribution >= 0.6 is 0 Å². The van der Waals surface area contributed by atoms with Crippen molar-refractivity contribution in [2.24, 2.45) is 34.7 Å². The van der Waals surface area contributed by atoms with E-state index in [0.29, 0.717) is 23.3 Å². The first-order chi connectivity index (χ1) is 14.7. The Bertz CT molecular complexity index is 918. The molecule has 0 atom stereocenters. The number of nitrogens with zero attached hydrogens (tertiary/aromatic N) is 3. The van der Waals surface area contributed by atoms with E-state index in [9.17, 15) is 9.59 Å². The lowest BCUT2D eigenvalue weighted by Crippen LogP contribution is -2.51. The van der Waals surface area contributed by atoms with E-state index in [1.807, 2.05) is 0 Å². The number of nitrogens with two attached hydrogens (primary N) is 2. The van der Waals surface area contributed by atoms with Crippen LogP contribution in [0.25, 0.3) is 0 Å². The predicted octanol–water partition coefficient (Wildman–Crippen LogP) is 2.36. The minimum absolute atomic E-state index is 0.0760. The van der Waals surface area contributed by atoms with E-state index in [1.165, 1.54) is 50.9 Å². The smallest absolute Gasteiger partial charge is 0.267 e. The van der Waals surface area contributed by atoms with Crippen LogP contribution in [-0.2, 0) is 4.79 Å². The minimum Gasteiger partial charge on any atom is -0.364 e. The van der Waals surface area contributed by atoms with Crippen molar-refractivity contribution in [3.8, 4) is 0 Å². The molecule has 4 aliphatic carbocycles. The molecule has 0 spiro atoms. The van der Waals surface area contributed by atoms with Crippen LogP contribution < -0.4 is 21.9 Å². The number of carbonyl (C=O) groups excluding carboxylic acids is 2. The van der Waals surface area contributed by atoms with Gasteiger partial charge in [0, 0.05) is 18.9 Å². The van der Waals surface area contributed by atoms with Crippen LogP contribution in [0.5, 0.6) is 0 Å². The van der Waals surface area contributed by atoms with E-state index >= 15 is 0 Å². The summed E-state index contributed by atoms with van der Waals surface area (Å²) in [7, 11) is 0. The summed E-state index contributed by atoms with van der Waals surface area (Å²) < 4.78 is 0. The molecule has 8 heteroatoms. The van der Waals surface area contributed by atoms with Gasteiger partial charge in [0.1, 0.15) is 5.69 Å². The summed E-state index contributed by atoms with van der Waals surface area (Å²) in [5, 5.41) is 4.28. The third-order valence-electron chi connectivity index (χ3n) is 7.18. The molecule has 2 amide bonds. The molecule has 1 aromatic heterocycles. The van der Waals surface area contributed by atoms with Crippen LogP contribution in [0.4, 0.5) is 5.95 Å². The van der Waals surface area contributed by atoms with Gasteiger partial charge in [0.15, 0.2) is 0 Å². The lowest BCUT2D eigenvalue weighted by Gasteiger charge is -2.56. The van der Waals surface area contributed by atoms with Gasteiger partial charge in [-0.1, -0.05) is 6.58 Å². The number of hydrazine groups is 1. The highest BCUT2D eigenvalue weighted by Crippen LogP contribution is 2.59. The Labute approximate surface area is 183 Å². The molecule has 166 valence electrons. The van der Waals surface area contributed by atoms with Crippen molar-refractivity contribution in [2.75, 3.05) is 11.6 Å². The normalized spacial score (nSPS) is 29.0. The summed E-state index contributed by atoms with van der Waals surface area (Å²) >= 11 is 0. The van der Waals surface area contributed by atoms with Gasteiger partial charge in [-0.05, 0) is 86.7 Å². The van der Waals surface area contributed by atoms with Crippen LogP contribution in [0.15, 0.2) is 30.1 Å². The molecule has 1 aromatic rings. The van der Waals surface area contributed by atoms with Crippen LogP contribution in [0.3, 0.4) is 0 Å². The highest BCUT2D eigenvalue weighted by molar-refractivity contribution is 5.97. The average Bonchev–Trinajstić information content (AvgIpc) is 2.69. The van der Waals surface area contributed by atoms with Crippen molar-refractivity contribution < 1.29 is 9.59 Å². The summed E-state index contributed by atoms with van der Waals surface area (Å²) in [6, 6.07) is 0. The third kappa shape index (κ3) is 4.35. The molecule has 31 heavy (non-hydrogen) atoms. The third-order valence-corrected chi connectivity index (χ3v) is 7.18. The standard InChI is InChI=1S/C23H32N6O2/c1-13(2)18(11-29(25)22-26-10-14(3)19(28-22)20(24)30)21(31)27-12-23-7-15-4-16(8-23)6-17(5-15)9-23/h10-11,15-17H,1,4-9,12,25H2,2-3H3,(H2,24,30)(H,27,31)/b18-11+. The molecular formula is C23H32N6O2. The average molecular weight is 425 g/mol. The first kappa shape index (κ1) is 21.5. The molecule has 4 fully saturated rings. The second-order valence-electron chi connectivity index (χ2n) is 9.90. The zero-order valence-electron chi connectivity index (χ0n) is 18.4. The van der Waals surface area contributed by atoms with Crippen molar-refractivity contribution in [3.63, 3.8) is 0 Å². The molecular weight excluding hydrogens is 392 g/mol. The maximum atomic E-state index is 13.0. The monoisotopic (exact) mass is 424 g/mol. The number of carbonyl (C=O) groups is 2. The molecule has 0 unspecified atom stereocenters. The van der Waals surface area contributed by atoms with Crippen LogP contribution in [-0.4, -0.2) is 28.3 Å². The summed E-state index contributed by atoms with van der Waals surface area (Å²) in [4.78, 5) is 32.9. The molecule has 1 heterocycles. The summed E-state index contributed by atoms with van der Waals surface area (Å²) in [6.45, 7) is 8.07. The maximum Gasteiger partial charge on any atom is 0.267 e. The van der Waals surface area contributed by atoms with Gasteiger partial charge in [-0.2, -0.15) is 0 Å². The number of nitrogens with one attached hydrogen (secondary N) is 1. The highest BCUT2D eigenvalue weighted by atomic mass is 16.2. The van der Waals surface area contributed by atoms with E-state index in [1.54, 1.807) is 13.8 Å². The molecule has 8 nitrogen and oxygen atoms in total. The van der Waals surface area contributed by atoms with Crippen molar-refractivity contribution in [1.82, 2.24) is 15.3 Å². The number of amides is 2. The topological polar surface area (TPSA) is 127 Å². The van der Waals surface area contributed by atoms with Gasteiger partial charge in [0.25, 0.3) is 11.8 Å². The number of aryl methyl sites for hydroxylation is 1. The summed E-state index contributed by atoms with van der Waals surface area (Å²) in [5.74, 6) is 7.79. The van der Waals surface area contributed by atoms with E-state index in [-0.39, 0.29) is 23.0 Å². The Balaban J connectivity index is 1.47.